The molecular weight excluding hydrogens is 255 g/mol. The number of carbonyl (C=O) groups excluding carboxylic acids is 1. The molecule has 0 aliphatic heterocycles. The first-order chi connectivity index (χ1) is 8.63. The van der Waals surface area contributed by atoms with E-state index >= 15 is 0 Å². The molecule has 18 heavy (non-hydrogen) atoms. The molecule has 0 radical (unpaired) electrons. The van der Waals surface area contributed by atoms with Gasteiger partial charge in [-0.1, -0.05) is 24.4 Å². The fourth-order valence-electron chi connectivity index (χ4n) is 2.51. The predicted octanol–water partition coefficient (Wildman–Crippen LogP) is 3.28. The molecular formula is C13H16ClFN2O. The topological polar surface area (TPSA) is 33.2 Å². The van der Waals surface area contributed by atoms with Crippen LogP contribution >= 0.6 is 11.6 Å². The molecule has 2 rings (SSSR count). The van der Waals surface area contributed by atoms with E-state index in [1.54, 1.807) is 4.90 Å². The van der Waals surface area contributed by atoms with Crippen molar-refractivity contribution in [1.29, 1.82) is 0 Å². The van der Waals surface area contributed by atoms with Crippen LogP contribution in [0.3, 0.4) is 0 Å². The summed E-state index contributed by atoms with van der Waals surface area (Å²) in [4.78, 5) is 17.5. The number of nitrogens with zero attached hydrogens (tertiary/aromatic N) is 2. The van der Waals surface area contributed by atoms with Gasteiger partial charge in [0.05, 0.1) is 5.56 Å². The van der Waals surface area contributed by atoms with Crippen LogP contribution in [0.25, 0.3) is 0 Å². The smallest absolute Gasteiger partial charge is 0.258 e. The Balaban J connectivity index is 2.22. The van der Waals surface area contributed by atoms with Crippen molar-refractivity contribution in [3.05, 3.63) is 28.8 Å². The first-order valence-corrected chi connectivity index (χ1v) is 6.64. The summed E-state index contributed by atoms with van der Waals surface area (Å²) in [5, 5.41) is 0.0629. The number of halogens is 2. The van der Waals surface area contributed by atoms with Crippen molar-refractivity contribution in [3.8, 4) is 0 Å². The van der Waals surface area contributed by atoms with Gasteiger partial charge in [-0.2, -0.15) is 4.39 Å². The molecule has 98 valence electrons. The van der Waals surface area contributed by atoms with E-state index in [1.807, 2.05) is 6.92 Å². The average Bonchev–Trinajstić information content (AvgIpc) is 2.83. The lowest BCUT2D eigenvalue weighted by Crippen LogP contribution is -2.39. The van der Waals surface area contributed by atoms with E-state index in [1.165, 1.54) is 12.1 Å². The third-order valence-corrected chi connectivity index (χ3v) is 3.62. The van der Waals surface area contributed by atoms with Crippen LogP contribution in [0, 0.1) is 5.95 Å². The van der Waals surface area contributed by atoms with E-state index in [-0.39, 0.29) is 22.7 Å². The van der Waals surface area contributed by atoms with E-state index in [4.69, 9.17) is 11.6 Å². The van der Waals surface area contributed by atoms with Crippen molar-refractivity contribution in [2.45, 2.75) is 38.6 Å². The molecule has 1 aliphatic carbocycles. The van der Waals surface area contributed by atoms with Gasteiger partial charge >= 0.3 is 0 Å². The van der Waals surface area contributed by atoms with Crippen LogP contribution in [0.15, 0.2) is 12.1 Å². The maximum Gasteiger partial charge on any atom is 0.258 e. The molecule has 1 aromatic rings. The number of aromatic nitrogens is 1. The fraction of sp³-hybridized carbons (Fsp3) is 0.538. The monoisotopic (exact) mass is 270 g/mol. The van der Waals surface area contributed by atoms with Crippen LogP contribution in [0.5, 0.6) is 0 Å². The summed E-state index contributed by atoms with van der Waals surface area (Å²) >= 11 is 5.59. The van der Waals surface area contributed by atoms with E-state index in [0.29, 0.717) is 6.54 Å². The molecule has 1 saturated carbocycles. The average molecular weight is 271 g/mol. The zero-order valence-corrected chi connectivity index (χ0v) is 11.1. The van der Waals surface area contributed by atoms with Gasteiger partial charge in [0, 0.05) is 12.6 Å². The number of carbonyl (C=O) groups is 1. The van der Waals surface area contributed by atoms with E-state index in [0.717, 1.165) is 25.7 Å². The molecule has 5 heteroatoms. The van der Waals surface area contributed by atoms with Gasteiger partial charge in [-0.05, 0) is 31.9 Å². The molecule has 1 aromatic heterocycles. The number of amides is 1. The van der Waals surface area contributed by atoms with Crippen LogP contribution in [0.4, 0.5) is 4.39 Å². The molecule has 3 nitrogen and oxygen atoms in total. The van der Waals surface area contributed by atoms with Crippen LogP contribution in [-0.2, 0) is 0 Å². The highest BCUT2D eigenvalue weighted by Gasteiger charge is 2.27. The Morgan fingerprint density at radius 2 is 2.17 bits per heavy atom. The second-order valence-electron chi connectivity index (χ2n) is 4.50. The lowest BCUT2D eigenvalue weighted by atomic mass is 10.1. The standard InChI is InChI=1S/C13H16ClFN2O/c1-2-17(9-5-3-4-6-9)13(18)10-7-8-11(14)16-12(10)15/h7-9H,2-6H2,1H3. The quantitative estimate of drug-likeness (QED) is 0.790. The van der Waals surface area contributed by atoms with Gasteiger partial charge in [-0.15, -0.1) is 0 Å². The van der Waals surface area contributed by atoms with Crippen molar-refractivity contribution in [2.75, 3.05) is 6.54 Å². The third kappa shape index (κ3) is 2.64. The minimum absolute atomic E-state index is 0.00755. The largest absolute Gasteiger partial charge is 0.336 e. The Kier molecular flexibility index (Phi) is 4.17. The van der Waals surface area contributed by atoms with Gasteiger partial charge in [-0.3, -0.25) is 4.79 Å². The van der Waals surface area contributed by atoms with Gasteiger partial charge in [0.25, 0.3) is 5.91 Å². The van der Waals surface area contributed by atoms with Crippen LogP contribution in [0.1, 0.15) is 43.0 Å². The van der Waals surface area contributed by atoms with Gasteiger partial charge in [0.2, 0.25) is 5.95 Å². The minimum Gasteiger partial charge on any atom is -0.336 e. The zero-order chi connectivity index (χ0) is 13.1. The van der Waals surface area contributed by atoms with Gasteiger partial charge in [-0.25, -0.2) is 4.98 Å². The normalized spacial score (nSPS) is 15.9. The SMILES string of the molecule is CCN(C(=O)c1ccc(Cl)nc1F)C1CCCC1. The number of pyridine rings is 1. The highest BCUT2D eigenvalue weighted by molar-refractivity contribution is 6.29. The summed E-state index contributed by atoms with van der Waals surface area (Å²) < 4.78 is 13.6. The van der Waals surface area contributed by atoms with E-state index in [9.17, 15) is 9.18 Å². The summed E-state index contributed by atoms with van der Waals surface area (Å²) in [5.41, 5.74) is 0.00755. The molecule has 1 aliphatic rings. The van der Waals surface area contributed by atoms with E-state index in [2.05, 4.69) is 4.98 Å². The number of rotatable bonds is 3. The highest BCUT2D eigenvalue weighted by atomic mass is 35.5. The van der Waals surface area contributed by atoms with Gasteiger partial charge in [0.15, 0.2) is 0 Å². The predicted molar refractivity (Wildman–Crippen MR) is 68.2 cm³/mol. The maximum atomic E-state index is 13.6. The highest BCUT2D eigenvalue weighted by Crippen LogP contribution is 2.25. The fourth-order valence-corrected chi connectivity index (χ4v) is 2.65. The molecule has 1 fully saturated rings. The summed E-state index contributed by atoms with van der Waals surface area (Å²) in [6, 6.07) is 3.09. The maximum absolute atomic E-state index is 13.6. The van der Waals surface area contributed by atoms with Crippen molar-refractivity contribution >= 4 is 17.5 Å². The molecule has 0 atom stereocenters. The molecule has 1 amide bonds. The third-order valence-electron chi connectivity index (χ3n) is 3.41. The Bertz CT molecular complexity index is 447. The van der Waals surface area contributed by atoms with Crippen molar-refractivity contribution in [1.82, 2.24) is 9.88 Å². The lowest BCUT2D eigenvalue weighted by Gasteiger charge is -2.27. The van der Waals surface area contributed by atoms with Crippen LogP contribution in [-0.4, -0.2) is 28.4 Å². The van der Waals surface area contributed by atoms with E-state index < -0.39 is 5.95 Å². The Hall–Kier alpha value is -1.16. The second-order valence-corrected chi connectivity index (χ2v) is 4.89. The van der Waals surface area contributed by atoms with Crippen molar-refractivity contribution in [3.63, 3.8) is 0 Å². The summed E-state index contributed by atoms with van der Waals surface area (Å²) in [7, 11) is 0. The van der Waals surface area contributed by atoms with Crippen molar-refractivity contribution in [2.24, 2.45) is 0 Å². The molecule has 0 spiro atoms. The molecule has 1 heterocycles. The van der Waals surface area contributed by atoms with Gasteiger partial charge < -0.3 is 4.90 Å². The molecule has 0 aromatic carbocycles. The zero-order valence-electron chi connectivity index (χ0n) is 10.3. The first kappa shape index (κ1) is 13.3. The Morgan fingerprint density at radius 1 is 1.50 bits per heavy atom. The summed E-state index contributed by atoms with van der Waals surface area (Å²) in [6.45, 7) is 2.50. The molecule has 0 unspecified atom stereocenters. The minimum atomic E-state index is -0.788. The lowest BCUT2D eigenvalue weighted by molar-refractivity contribution is 0.0687. The van der Waals surface area contributed by atoms with Crippen LogP contribution in [0.2, 0.25) is 5.15 Å². The molecule has 0 saturated heterocycles. The second kappa shape index (κ2) is 5.65. The molecule has 0 N–H and O–H groups in total. The summed E-state index contributed by atoms with van der Waals surface area (Å²) in [6.07, 6.45) is 4.27. The number of hydrogen-bond acceptors (Lipinski definition) is 2. The Morgan fingerprint density at radius 3 is 2.72 bits per heavy atom. The van der Waals surface area contributed by atoms with Crippen LogP contribution < -0.4 is 0 Å². The Labute approximate surface area is 111 Å². The van der Waals surface area contributed by atoms with Crippen molar-refractivity contribution < 1.29 is 9.18 Å². The summed E-state index contributed by atoms with van der Waals surface area (Å²) in [5.74, 6) is -1.07. The molecule has 0 bridgehead atoms. The number of hydrogen-bond donors (Lipinski definition) is 0. The first-order valence-electron chi connectivity index (χ1n) is 6.26. The van der Waals surface area contributed by atoms with Gasteiger partial charge in [0.1, 0.15) is 5.15 Å².